The van der Waals surface area contributed by atoms with Crippen LogP contribution in [0, 0.1) is 0 Å². The van der Waals surface area contributed by atoms with E-state index >= 15 is 0 Å². The first-order valence-electron chi connectivity index (χ1n) is 14.7. The number of anilines is 3. The zero-order valence-electron chi connectivity index (χ0n) is 26.3. The number of nitrogens with two attached hydrogens (primary N) is 4. The van der Waals surface area contributed by atoms with Crippen LogP contribution in [0.3, 0.4) is 0 Å². The van der Waals surface area contributed by atoms with E-state index in [4.69, 9.17) is 46.9 Å². The van der Waals surface area contributed by atoms with Gasteiger partial charge in [-0.2, -0.15) is 23.5 Å². The van der Waals surface area contributed by atoms with Crippen molar-refractivity contribution in [2.75, 3.05) is 40.4 Å². The maximum atomic E-state index is 14.1. The lowest BCUT2D eigenvalue weighted by atomic mass is 9.86. The van der Waals surface area contributed by atoms with Gasteiger partial charge in [-0.15, -0.1) is 0 Å². The molecule has 258 valence electrons. The summed E-state index contributed by atoms with van der Waals surface area (Å²) in [5.74, 6) is -4.98. The van der Waals surface area contributed by atoms with Gasteiger partial charge in [0.25, 0.3) is 0 Å². The number of thioether (sulfide) groups is 2. The topological polar surface area (TPSA) is 239 Å². The Labute approximate surface area is 288 Å². The van der Waals surface area contributed by atoms with Crippen molar-refractivity contribution in [3.63, 3.8) is 0 Å². The van der Waals surface area contributed by atoms with Crippen molar-refractivity contribution < 1.29 is 48.0 Å². The predicted molar refractivity (Wildman–Crippen MR) is 181 cm³/mol. The van der Waals surface area contributed by atoms with Gasteiger partial charge >= 0.3 is 36.3 Å². The Kier molecular flexibility index (Phi) is 10.3. The van der Waals surface area contributed by atoms with Crippen molar-refractivity contribution in [2.45, 2.75) is 30.5 Å². The Bertz CT molecular complexity index is 1830. The Balaban J connectivity index is 1.61. The van der Waals surface area contributed by atoms with Gasteiger partial charge in [0, 0.05) is 17.7 Å². The van der Waals surface area contributed by atoms with Crippen LogP contribution in [0.1, 0.15) is 49.5 Å². The molecule has 1 fully saturated rings. The van der Waals surface area contributed by atoms with Crippen molar-refractivity contribution in [3.8, 4) is 5.75 Å². The summed E-state index contributed by atoms with van der Waals surface area (Å²) in [6.07, 6.45) is 1.88. The number of benzene rings is 3. The molecule has 0 saturated carbocycles. The molecular weight excluding hydrogens is 679 g/mol. The van der Waals surface area contributed by atoms with Crippen LogP contribution in [-0.2, 0) is 34.4 Å². The third kappa shape index (κ3) is 6.57. The van der Waals surface area contributed by atoms with Crippen molar-refractivity contribution in [2.24, 2.45) is 11.5 Å². The molecule has 5 rings (SSSR count). The minimum Gasteiger partial charge on any atom is -0.420 e. The highest BCUT2D eigenvalue weighted by molar-refractivity contribution is 7.98. The number of esters is 3. The maximum Gasteiger partial charge on any atom is 0.388 e. The van der Waals surface area contributed by atoms with Gasteiger partial charge in [0.15, 0.2) is 11.4 Å². The molecule has 2 heterocycles. The number of nitrogen functional groups attached to an aromatic ring is 2. The van der Waals surface area contributed by atoms with Crippen molar-refractivity contribution in [1.29, 1.82) is 0 Å². The first kappa shape index (κ1) is 35.3. The number of para-hydroxylation sites is 2. The van der Waals surface area contributed by atoms with Crippen LogP contribution in [0.5, 0.6) is 5.75 Å². The van der Waals surface area contributed by atoms with E-state index in [1.165, 1.54) is 70.9 Å². The summed E-state index contributed by atoms with van der Waals surface area (Å²) >= 11 is 2.78. The molecule has 0 radical (unpaired) electrons. The highest BCUT2D eigenvalue weighted by Gasteiger charge is 2.57. The third-order valence-corrected chi connectivity index (χ3v) is 9.24. The van der Waals surface area contributed by atoms with Gasteiger partial charge in [-0.3, -0.25) is 10.6 Å². The van der Waals surface area contributed by atoms with Crippen LogP contribution in [0.4, 0.5) is 17.1 Å². The molecular formula is C32H33N5O10S2. The minimum absolute atomic E-state index is 0.0520. The molecule has 3 unspecified atom stereocenters. The normalized spacial score (nSPS) is 21.6. The van der Waals surface area contributed by atoms with Crippen molar-refractivity contribution in [1.82, 2.24) is 0 Å². The first-order valence-corrected chi connectivity index (χ1v) is 17.4. The number of nitrogens with zero attached hydrogens (tertiary/aromatic N) is 1. The first-order chi connectivity index (χ1) is 23.4. The highest BCUT2D eigenvalue weighted by atomic mass is 32.2. The van der Waals surface area contributed by atoms with Gasteiger partial charge in [-0.25, -0.2) is 33.7 Å². The molecule has 15 nitrogen and oxygen atoms in total. The summed E-state index contributed by atoms with van der Waals surface area (Å²) in [6, 6.07) is 14.4. The molecule has 2 aliphatic rings. The Hall–Kier alpha value is -4.97. The van der Waals surface area contributed by atoms with Crippen LogP contribution in [0.2, 0.25) is 0 Å². The fraction of sp³-hybridized carbons (Fsp3) is 0.281. The summed E-state index contributed by atoms with van der Waals surface area (Å²) < 4.78 is 17.2. The van der Waals surface area contributed by atoms with E-state index in [0.717, 1.165) is 6.07 Å². The van der Waals surface area contributed by atoms with Crippen LogP contribution in [0.25, 0.3) is 0 Å². The second-order valence-corrected chi connectivity index (χ2v) is 13.0. The second-order valence-electron chi connectivity index (χ2n) is 11.0. The lowest BCUT2D eigenvalue weighted by molar-refractivity contribution is -0.187. The number of ether oxygens (including phenoxy) is 3. The molecule has 0 bridgehead atoms. The minimum atomic E-state index is -2.07. The fourth-order valence-corrected chi connectivity index (χ4v) is 6.36. The standard InChI is InChI=1S/C32H33N5O10S2/c1-48-15-13-31(35)20-12-11-19(27(40)47-46-26(39)17-7-3-5-9-21(17)33)23(34)24(20)43-25(38)18-8-4-6-10-22(18)37-30(44-28(31)41)45-29(42)32(37,36)14-16-49-2/h3-12,30H,13-16,33-36H2,1-2H3. The number of carbonyl (C=O) groups excluding carboxylic acids is 5. The molecule has 1 saturated heterocycles. The molecule has 0 spiro atoms. The molecule has 17 heteroatoms. The summed E-state index contributed by atoms with van der Waals surface area (Å²) in [4.78, 5) is 77.7. The molecule has 0 aromatic heterocycles. The predicted octanol–water partition coefficient (Wildman–Crippen LogP) is 2.52. The van der Waals surface area contributed by atoms with Gasteiger partial charge in [0.2, 0.25) is 0 Å². The zero-order chi connectivity index (χ0) is 35.5. The summed E-state index contributed by atoms with van der Waals surface area (Å²) in [7, 11) is 0. The van der Waals surface area contributed by atoms with E-state index in [9.17, 15) is 24.0 Å². The second kappa shape index (κ2) is 14.3. The average Bonchev–Trinajstić information content (AvgIpc) is 3.33. The van der Waals surface area contributed by atoms with E-state index in [1.54, 1.807) is 18.4 Å². The molecule has 8 N–H and O–H groups in total. The Morgan fingerprint density at radius 2 is 1.43 bits per heavy atom. The summed E-state index contributed by atoms with van der Waals surface area (Å²) in [5.41, 5.74) is 20.8. The zero-order valence-corrected chi connectivity index (χ0v) is 28.0. The van der Waals surface area contributed by atoms with E-state index in [2.05, 4.69) is 0 Å². The monoisotopic (exact) mass is 711 g/mol. The van der Waals surface area contributed by atoms with Crippen LogP contribution in [0.15, 0.2) is 60.7 Å². The third-order valence-electron chi connectivity index (χ3n) is 8.01. The quantitative estimate of drug-likeness (QED) is 0.0863. The van der Waals surface area contributed by atoms with Gasteiger partial charge < -0.3 is 31.4 Å². The van der Waals surface area contributed by atoms with Gasteiger partial charge in [0.05, 0.1) is 28.1 Å². The number of fused-ring (bicyclic) bond motifs is 4. The fourth-order valence-electron chi connectivity index (χ4n) is 5.32. The van der Waals surface area contributed by atoms with Crippen LogP contribution < -0.4 is 32.6 Å². The Morgan fingerprint density at radius 1 is 0.816 bits per heavy atom. The van der Waals surface area contributed by atoms with E-state index in [-0.39, 0.29) is 40.9 Å². The number of carbonyl (C=O) groups is 5. The van der Waals surface area contributed by atoms with E-state index in [1.807, 2.05) is 6.26 Å². The summed E-state index contributed by atoms with van der Waals surface area (Å²) in [5, 5.41) is 0. The van der Waals surface area contributed by atoms with E-state index < -0.39 is 64.5 Å². The average molecular weight is 712 g/mol. The highest BCUT2D eigenvalue weighted by Crippen LogP contribution is 2.43. The largest absolute Gasteiger partial charge is 0.420 e. The molecule has 3 atom stereocenters. The van der Waals surface area contributed by atoms with Crippen molar-refractivity contribution >= 4 is 70.4 Å². The molecule has 49 heavy (non-hydrogen) atoms. The Morgan fingerprint density at radius 3 is 2.12 bits per heavy atom. The van der Waals surface area contributed by atoms with Gasteiger partial charge in [-0.1, -0.05) is 30.3 Å². The van der Waals surface area contributed by atoms with Crippen LogP contribution >= 0.6 is 23.5 Å². The number of hydrogen-bond acceptors (Lipinski definition) is 17. The molecule has 3 aromatic carbocycles. The van der Waals surface area contributed by atoms with Crippen LogP contribution in [-0.4, -0.2) is 65.9 Å². The number of rotatable bonds is 8. The maximum absolute atomic E-state index is 14.1. The number of hydrogen-bond donors (Lipinski definition) is 4. The smallest absolute Gasteiger partial charge is 0.388 e. The van der Waals surface area contributed by atoms with Gasteiger partial charge in [-0.05, 0) is 60.8 Å². The lowest BCUT2D eigenvalue weighted by Crippen LogP contribution is -2.60. The summed E-state index contributed by atoms with van der Waals surface area (Å²) in [6.45, 7) is 0. The van der Waals surface area contributed by atoms with E-state index in [0.29, 0.717) is 11.5 Å². The lowest BCUT2D eigenvalue weighted by Gasteiger charge is -2.36. The molecule has 3 aromatic rings. The van der Waals surface area contributed by atoms with Gasteiger partial charge in [0.1, 0.15) is 5.54 Å². The molecule has 2 aliphatic heterocycles. The SMILES string of the molecule is CSCCC1(N)C(=O)OC2OC(=O)C(N)(CCSC)N2c2ccccc2C(=O)Oc2c1ccc(C(=O)OOC(=O)c1ccccc1N)c2N. The van der Waals surface area contributed by atoms with Crippen molar-refractivity contribution in [3.05, 3.63) is 82.9 Å². The molecule has 0 aliphatic carbocycles. The molecule has 0 amide bonds.